The molecule has 2 rings (SSSR count). The van der Waals surface area contributed by atoms with Gasteiger partial charge in [-0.2, -0.15) is 0 Å². The molecule has 0 atom stereocenters. The molecule has 0 amide bonds. The number of nitrogens with two attached hydrogens (primary N) is 1. The molecule has 1 fully saturated rings. The summed E-state index contributed by atoms with van der Waals surface area (Å²) >= 11 is 0. The smallest absolute Gasteiger partial charge is 0.143 e. The third-order valence-corrected chi connectivity index (χ3v) is 3.29. The number of anilines is 1. The Balaban J connectivity index is 2.27. The maximum atomic E-state index is 7.53. The molecule has 3 N–H and O–H groups in total. The van der Waals surface area contributed by atoms with E-state index in [1.54, 1.807) is 6.20 Å². The molecule has 0 spiro atoms. The molecule has 1 saturated carbocycles. The number of nitrogens with one attached hydrogen (secondary N) is 1. The lowest BCUT2D eigenvalue weighted by atomic mass is 10.1. The van der Waals surface area contributed by atoms with Gasteiger partial charge in [0.15, 0.2) is 0 Å². The van der Waals surface area contributed by atoms with Gasteiger partial charge in [0.2, 0.25) is 0 Å². The zero-order chi connectivity index (χ0) is 11.5. The third kappa shape index (κ3) is 2.01. The van der Waals surface area contributed by atoms with Crippen LogP contribution in [0.15, 0.2) is 18.3 Å². The number of hydrogen-bond donors (Lipinski definition) is 2. The lowest BCUT2D eigenvalue weighted by molar-refractivity contribution is 0.652. The molecule has 0 aromatic carbocycles. The summed E-state index contributed by atoms with van der Waals surface area (Å²) in [6.07, 6.45) is 6.73. The van der Waals surface area contributed by atoms with Crippen molar-refractivity contribution in [1.29, 1.82) is 5.41 Å². The summed E-state index contributed by atoms with van der Waals surface area (Å²) in [5, 5.41) is 7.53. The van der Waals surface area contributed by atoms with Crippen LogP contribution in [-0.4, -0.2) is 23.9 Å². The molecule has 0 radical (unpaired) electrons. The average molecular weight is 218 g/mol. The van der Waals surface area contributed by atoms with Crippen LogP contribution in [0.25, 0.3) is 0 Å². The van der Waals surface area contributed by atoms with Gasteiger partial charge in [-0.1, -0.05) is 12.8 Å². The molecule has 1 heterocycles. The van der Waals surface area contributed by atoms with E-state index in [9.17, 15) is 0 Å². The highest BCUT2D eigenvalue weighted by Gasteiger charge is 2.22. The highest BCUT2D eigenvalue weighted by Crippen LogP contribution is 2.28. The van der Waals surface area contributed by atoms with Crippen LogP contribution < -0.4 is 10.6 Å². The topological polar surface area (TPSA) is 66.0 Å². The fraction of sp³-hybridized carbons (Fsp3) is 0.500. The second-order valence-electron chi connectivity index (χ2n) is 4.33. The Labute approximate surface area is 96.0 Å². The van der Waals surface area contributed by atoms with Gasteiger partial charge in [0.1, 0.15) is 11.5 Å². The van der Waals surface area contributed by atoms with Crippen LogP contribution >= 0.6 is 0 Å². The first-order valence-corrected chi connectivity index (χ1v) is 5.72. The quantitative estimate of drug-likeness (QED) is 0.600. The lowest BCUT2D eigenvalue weighted by Crippen LogP contribution is -2.31. The van der Waals surface area contributed by atoms with Crippen molar-refractivity contribution in [2.45, 2.75) is 31.7 Å². The zero-order valence-corrected chi connectivity index (χ0v) is 9.61. The molecule has 86 valence electrons. The van der Waals surface area contributed by atoms with Crippen LogP contribution in [0.5, 0.6) is 0 Å². The molecule has 1 aromatic rings. The number of nitrogens with zero attached hydrogens (tertiary/aromatic N) is 2. The molecule has 0 bridgehead atoms. The van der Waals surface area contributed by atoms with Gasteiger partial charge in [0.25, 0.3) is 0 Å². The Bertz CT molecular complexity index is 382. The molecule has 4 nitrogen and oxygen atoms in total. The van der Waals surface area contributed by atoms with Crippen molar-refractivity contribution in [2.75, 3.05) is 11.9 Å². The molecule has 0 unspecified atom stereocenters. The van der Waals surface area contributed by atoms with Crippen molar-refractivity contribution in [1.82, 2.24) is 4.98 Å². The number of hydrogen-bond acceptors (Lipinski definition) is 3. The fourth-order valence-electron chi connectivity index (χ4n) is 2.38. The van der Waals surface area contributed by atoms with E-state index < -0.39 is 0 Å². The predicted octanol–water partition coefficient (Wildman–Crippen LogP) is 1.74. The largest absolute Gasteiger partial charge is 0.382 e. The van der Waals surface area contributed by atoms with Crippen LogP contribution in [0.1, 0.15) is 31.4 Å². The molecular formula is C12H18N4. The SMILES string of the molecule is CN(c1cccnc1C(=N)N)C1CCCC1. The average Bonchev–Trinajstić information content (AvgIpc) is 2.81. The summed E-state index contributed by atoms with van der Waals surface area (Å²) in [4.78, 5) is 6.40. The Morgan fingerprint density at radius 3 is 2.81 bits per heavy atom. The minimum atomic E-state index is 0.0421. The van der Waals surface area contributed by atoms with Crippen LogP contribution in [0.4, 0.5) is 5.69 Å². The molecule has 1 aromatic heterocycles. The van der Waals surface area contributed by atoms with E-state index in [0.717, 1.165) is 5.69 Å². The summed E-state index contributed by atoms with van der Waals surface area (Å²) in [7, 11) is 2.07. The normalized spacial score (nSPS) is 16.3. The maximum absolute atomic E-state index is 7.53. The number of amidine groups is 1. The van der Waals surface area contributed by atoms with Crippen molar-refractivity contribution in [3.63, 3.8) is 0 Å². The fourth-order valence-corrected chi connectivity index (χ4v) is 2.38. The van der Waals surface area contributed by atoms with Crippen molar-refractivity contribution in [2.24, 2.45) is 5.73 Å². The zero-order valence-electron chi connectivity index (χ0n) is 9.61. The van der Waals surface area contributed by atoms with Gasteiger partial charge in [-0.15, -0.1) is 0 Å². The minimum absolute atomic E-state index is 0.0421. The number of aromatic nitrogens is 1. The van der Waals surface area contributed by atoms with Crippen LogP contribution in [-0.2, 0) is 0 Å². The summed E-state index contributed by atoms with van der Waals surface area (Å²) in [5.74, 6) is 0.0421. The number of rotatable bonds is 3. The summed E-state index contributed by atoms with van der Waals surface area (Å²) in [5.41, 5.74) is 7.11. The van der Waals surface area contributed by atoms with Gasteiger partial charge in [0, 0.05) is 19.3 Å². The van der Waals surface area contributed by atoms with E-state index in [2.05, 4.69) is 16.9 Å². The van der Waals surface area contributed by atoms with Crippen molar-refractivity contribution in [3.05, 3.63) is 24.0 Å². The van der Waals surface area contributed by atoms with E-state index >= 15 is 0 Å². The molecule has 0 saturated heterocycles. The Morgan fingerprint density at radius 2 is 2.19 bits per heavy atom. The molecule has 0 aliphatic heterocycles. The van der Waals surface area contributed by atoms with E-state index in [1.165, 1.54) is 25.7 Å². The van der Waals surface area contributed by atoms with Gasteiger partial charge < -0.3 is 10.6 Å². The first kappa shape index (κ1) is 10.9. The van der Waals surface area contributed by atoms with Crippen molar-refractivity contribution in [3.8, 4) is 0 Å². The number of pyridine rings is 1. The Morgan fingerprint density at radius 1 is 1.50 bits per heavy atom. The van der Waals surface area contributed by atoms with Crippen LogP contribution in [0, 0.1) is 5.41 Å². The molecule has 4 heteroatoms. The summed E-state index contributed by atoms with van der Waals surface area (Å²) in [6, 6.07) is 4.46. The highest BCUT2D eigenvalue weighted by atomic mass is 15.1. The lowest BCUT2D eigenvalue weighted by Gasteiger charge is -2.27. The van der Waals surface area contributed by atoms with Gasteiger partial charge in [-0.25, -0.2) is 0 Å². The molecule has 1 aliphatic rings. The molecule has 1 aliphatic carbocycles. The summed E-state index contributed by atoms with van der Waals surface area (Å²) < 4.78 is 0. The highest BCUT2D eigenvalue weighted by molar-refractivity contribution is 5.98. The Hall–Kier alpha value is -1.58. The van der Waals surface area contributed by atoms with E-state index in [4.69, 9.17) is 11.1 Å². The van der Waals surface area contributed by atoms with Gasteiger partial charge >= 0.3 is 0 Å². The Kier molecular flexibility index (Phi) is 3.08. The van der Waals surface area contributed by atoms with Crippen molar-refractivity contribution < 1.29 is 0 Å². The van der Waals surface area contributed by atoms with E-state index in [-0.39, 0.29) is 5.84 Å². The van der Waals surface area contributed by atoms with E-state index in [0.29, 0.717) is 11.7 Å². The standard InChI is InChI=1S/C12H18N4/c1-16(9-5-2-3-6-9)10-7-4-8-15-11(10)12(13)14/h4,7-9H,2-3,5-6H2,1H3,(H3,13,14). The predicted molar refractivity (Wildman–Crippen MR) is 65.9 cm³/mol. The van der Waals surface area contributed by atoms with Gasteiger partial charge in [0.05, 0.1) is 5.69 Å². The molecular weight excluding hydrogens is 200 g/mol. The van der Waals surface area contributed by atoms with Gasteiger partial charge in [-0.3, -0.25) is 10.4 Å². The summed E-state index contributed by atoms with van der Waals surface area (Å²) in [6.45, 7) is 0. The van der Waals surface area contributed by atoms with E-state index in [1.807, 2.05) is 12.1 Å². The van der Waals surface area contributed by atoms with Crippen LogP contribution in [0.2, 0.25) is 0 Å². The first-order chi connectivity index (χ1) is 7.70. The first-order valence-electron chi connectivity index (χ1n) is 5.72. The minimum Gasteiger partial charge on any atom is -0.382 e. The second kappa shape index (κ2) is 4.51. The third-order valence-electron chi connectivity index (χ3n) is 3.29. The van der Waals surface area contributed by atoms with Crippen molar-refractivity contribution >= 4 is 11.5 Å². The molecule has 16 heavy (non-hydrogen) atoms. The number of nitrogen functional groups attached to an aromatic ring is 1. The maximum Gasteiger partial charge on any atom is 0.143 e. The monoisotopic (exact) mass is 218 g/mol. The second-order valence-corrected chi connectivity index (χ2v) is 4.33. The van der Waals surface area contributed by atoms with Crippen LogP contribution in [0.3, 0.4) is 0 Å². The van der Waals surface area contributed by atoms with Gasteiger partial charge in [-0.05, 0) is 25.0 Å².